The number of hydrogen-bond donors (Lipinski definition) is 0. The molecule has 0 aromatic rings. The van der Waals surface area contributed by atoms with Crippen molar-refractivity contribution in [2.24, 2.45) is 11.8 Å². The van der Waals surface area contributed by atoms with E-state index in [1.165, 1.54) is 71.5 Å². The Balaban J connectivity index is 0.000000774. The van der Waals surface area contributed by atoms with Gasteiger partial charge in [-0.2, -0.15) is 0 Å². The molecular formula is C18H37N3. The van der Waals surface area contributed by atoms with Crippen molar-refractivity contribution in [3.05, 3.63) is 0 Å². The van der Waals surface area contributed by atoms with Gasteiger partial charge < -0.3 is 9.80 Å². The Morgan fingerprint density at radius 3 is 1.95 bits per heavy atom. The third kappa shape index (κ3) is 4.94. The Morgan fingerprint density at radius 1 is 0.857 bits per heavy atom. The lowest BCUT2D eigenvalue weighted by atomic mass is 9.86. The fourth-order valence-electron chi connectivity index (χ4n) is 4.23. The number of piperazine rings is 1. The Bertz CT molecular complexity index is 272. The summed E-state index contributed by atoms with van der Waals surface area (Å²) >= 11 is 0. The van der Waals surface area contributed by atoms with Gasteiger partial charge in [-0.1, -0.05) is 20.8 Å². The van der Waals surface area contributed by atoms with E-state index in [1.807, 2.05) is 13.8 Å². The van der Waals surface area contributed by atoms with Crippen LogP contribution in [0.25, 0.3) is 0 Å². The molecule has 3 heteroatoms. The maximum Gasteiger partial charge on any atom is 0.0113 e. The lowest BCUT2D eigenvalue weighted by Gasteiger charge is -2.44. The number of rotatable bonds is 3. The fraction of sp³-hybridized carbons (Fsp3) is 1.00. The molecule has 3 rings (SSSR count). The van der Waals surface area contributed by atoms with Crippen molar-refractivity contribution in [1.29, 1.82) is 0 Å². The average Bonchev–Trinajstić information content (AvgIpc) is 2.49. The number of likely N-dealkylation sites (tertiary alicyclic amines) is 1. The van der Waals surface area contributed by atoms with Crippen LogP contribution in [0, 0.1) is 11.8 Å². The SMILES string of the molecule is CC.CC1CCC(N2CCN(CC3CN(C)C3)CC2)CC1. The third-order valence-corrected chi connectivity index (χ3v) is 5.56. The van der Waals surface area contributed by atoms with Crippen LogP contribution in [0.1, 0.15) is 46.5 Å². The fourth-order valence-corrected chi connectivity index (χ4v) is 4.23. The van der Waals surface area contributed by atoms with Crippen LogP contribution in [0.4, 0.5) is 0 Å². The van der Waals surface area contributed by atoms with E-state index in [4.69, 9.17) is 0 Å². The minimum absolute atomic E-state index is 0.910. The summed E-state index contributed by atoms with van der Waals surface area (Å²) in [6.07, 6.45) is 5.82. The molecular weight excluding hydrogens is 258 g/mol. The van der Waals surface area contributed by atoms with Crippen LogP contribution in [0.2, 0.25) is 0 Å². The van der Waals surface area contributed by atoms with E-state index in [2.05, 4.69) is 28.7 Å². The lowest BCUT2D eigenvalue weighted by Crippen LogP contribution is -2.55. The molecule has 0 radical (unpaired) electrons. The Hall–Kier alpha value is -0.120. The summed E-state index contributed by atoms with van der Waals surface area (Å²) in [5.41, 5.74) is 0. The van der Waals surface area contributed by atoms with E-state index in [1.54, 1.807) is 0 Å². The molecule has 0 atom stereocenters. The van der Waals surface area contributed by atoms with Gasteiger partial charge in [-0.3, -0.25) is 4.90 Å². The van der Waals surface area contributed by atoms with Crippen LogP contribution < -0.4 is 0 Å². The summed E-state index contributed by atoms with van der Waals surface area (Å²) in [5.74, 6) is 1.93. The predicted molar refractivity (Wildman–Crippen MR) is 91.8 cm³/mol. The molecule has 0 bridgehead atoms. The summed E-state index contributed by atoms with van der Waals surface area (Å²) in [5, 5.41) is 0. The van der Waals surface area contributed by atoms with Crippen LogP contribution >= 0.6 is 0 Å². The minimum Gasteiger partial charge on any atom is -0.306 e. The van der Waals surface area contributed by atoms with Crippen LogP contribution in [0.3, 0.4) is 0 Å². The van der Waals surface area contributed by atoms with E-state index < -0.39 is 0 Å². The molecule has 2 heterocycles. The van der Waals surface area contributed by atoms with Crippen LogP contribution in [0.5, 0.6) is 0 Å². The molecule has 0 amide bonds. The smallest absolute Gasteiger partial charge is 0.0113 e. The first-order valence-corrected chi connectivity index (χ1v) is 9.35. The van der Waals surface area contributed by atoms with Gasteiger partial charge in [0.05, 0.1) is 0 Å². The topological polar surface area (TPSA) is 9.72 Å². The van der Waals surface area contributed by atoms with Gasteiger partial charge >= 0.3 is 0 Å². The van der Waals surface area contributed by atoms with Crippen LogP contribution in [-0.2, 0) is 0 Å². The molecule has 2 saturated heterocycles. The summed E-state index contributed by atoms with van der Waals surface area (Å²) in [7, 11) is 2.23. The Kier molecular flexibility index (Phi) is 6.97. The molecule has 124 valence electrons. The number of hydrogen-bond acceptors (Lipinski definition) is 3. The van der Waals surface area contributed by atoms with Gasteiger partial charge in [0.15, 0.2) is 0 Å². The van der Waals surface area contributed by atoms with Crippen molar-refractivity contribution >= 4 is 0 Å². The highest BCUT2D eigenvalue weighted by Gasteiger charge is 2.29. The minimum atomic E-state index is 0.910. The van der Waals surface area contributed by atoms with E-state index in [-0.39, 0.29) is 0 Å². The molecule has 0 unspecified atom stereocenters. The molecule has 2 aliphatic heterocycles. The molecule has 3 nitrogen and oxygen atoms in total. The van der Waals surface area contributed by atoms with Crippen molar-refractivity contribution < 1.29 is 0 Å². The highest BCUT2D eigenvalue weighted by Crippen LogP contribution is 2.27. The van der Waals surface area contributed by atoms with Gasteiger partial charge in [0.1, 0.15) is 0 Å². The van der Waals surface area contributed by atoms with Gasteiger partial charge in [0.2, 0.25) is 0 Å². The van der Waals surface area contributed by atoms with Crippen molar-refractivity contribution in [2.75, 3.05) is 52.9 Å². The van der Waals surface area contributed by atoms with Gasteiger partial charge in [-0.25, -0.2) is 0 Å². The van der Waals surface area contributed by atoms with E-state index in [0.29, 0.717) is 0 Å². The molecule has 0 aromatic carbocycles. The predicted octanol–water partition coefficient (Wildman–Crippen LogP) is 2.77. The average molecular weight is 296 g/mol. The Morgan fingerprint density at radius 2 is 1.43 bits per heavy atom. The zero-order chi connectivity index (χ0) is 15.2. The molecule has 1 saturated carbocycles. The summed E-state index contributed by atoms with van der Waals surface area (Å²) < 4.78 is 0. The van der Waals surface area contributed by atoms with E-state index in [9.17, 15) is 0 Å². The highest BCUT2D eigenvalue weighted by molar-refractivity contribution is 4.85. The number of nitrogens with zero attached hydrogens (tertiary/aromatic N) is 3. The standard InChI is InChI=1S/C16H31N3.C2H6/c1-14-3-5-16(6-4-14)19-9-7-18(8-10-19)13-15-11-17(2)12-15;1-2/h14-16H,3-13H2,1-2H3;1-2H3. The molecule has 1 aliphatic carbocycles. The summed E-state index contributed by atoms with van der Waals surface area (Å²) in [6, 6.07) is 0.910. The van der Waals surface area contributed by atoms with Gasteiger partial charge in [-0.05, 0) is 44.6 Å². The second-order valence-corrected chi connectivity index (χ2v) is 7.34. The summed E-state index contributed by atoms with van der Waals surface area (Å²) in [6.45, 7) is 15.7. The zero-order valence-corrected chi connectivity index (χ0v) is 14.9. The highest BCUT2D eigenvalue weighted by atomic mass is 15.3. The van der Waals surface area contributed by atoms with E-state index in [0.717, 1.165) is 17.9 Å². The second-order valence-electron chi connectivity index (χ2n) is 7.34. The lowest BCUT2D eigenvalue weighted by molar-refractivity contribution is 0.0390. The maximum atomic E-state index is 2.79. The largest absolute Gasteiger partial charge is 0.306 e. The van der Waals surface area contributed by atoms with Crippen molar-refractivity contribution in [2.45, 2.75) is 52.5 Å². The second kappa shape index (κ2) is 8.50. The van der Waals surface area contributed by atoms with Gasteiger partial charge in [0.25, 0.3) is 0 Å². The van der Waals surface area contributed by atoms with Crippen LogP contribution in [-0.4, -0.2) is 73.6 Å². The van der Waals surface area contributed by atoms with Crippen LogP contribution in [0.15, 0.2) is 0 Å². The molecule has 0 aromatic heterocycles. The molecule has 3 aliphatic rings. The van der Waals surface area contributed by atoms with Gasteiger partial charge in [0, 0.05) is 51.9 Å². The quantitative estimate of drug-likeness (QED) is 0.793. The molecule has 3 fully saturated rings. The van der Waals surface area contributed by atoms with Gasteiger partial charge in [-0.15, -0.1) is 0 Å². The first kappa shape index (κ1) is 17.2. The van der Waals surface area contributed by atoms with E-state index >= 15 is 0 Å². The Labute approximate surface area is 132 Å². The zero-order valence-electron chi connectivity index (χ0n) is 14.9. The monoisotopic (exact) mass is 295 g/mol. The van der Waals surface area contributed by atoms with Crippen molar-refractivity contribution in [1.82, 2.24) is 14.7 Å². The first-order valence-electron chi connectivity index (χ1n) is 9.35. The first-order chi connectivity index (χ1) is 10.2. The molecule has 0 spiro atoms. The maximum absolute atomic E-state index is 2.79. The van der Waals surface area contributed by atoms with Crippen molar-refractivity contribution in [3.8, 4) is 0 Å². The third-order valence-electron chi connectivity index (χ3n) is 5.56. The normalized spacial score (nSPS) is 33.1. The van der Waals surface area contributed by atoms with Crippen molar-refractivity contribution in [3.63, 3.8) is 0 Å². The molecule has 0 N–H and O–H groups in total. The summed E-state index contributed by atoms with van der Waals surface area (Å²) in [4.78, 5) is 7.93. The molecule has 21 heavy (non-hydrogen) atoms.